The van der Waals surface area contributed by atoms with Gasteiger partial charge in [0.2, 0.25) is 0 Å². The number of fused-ring (bicyclic) bond motifs is 1. The Balaban J connectivity index is 1.88. The molecule has 0 spiro atoms. The molecule has 1 atom stereocenters. The van der Waals surface area contributed by atoms with Crippen molar-refractivity contribution < 1.29 is 18.9 Å². The van der Waals surface area contributed by atoms with Gasteiger partial charge in [-0.25, -0.2) is 0 Å². The lowest BCUT2D eigenvalue weighted by Gasteiger charge is -2.26. The van der Waals surface area contributed by atoms with Crippen molar-refractivity contribution in [2.24, 2.45) is 0 Å². The van der Waals surface area contributed by atoms with E-state index in [9.17, 15) is 0 Å². The monoisotopic (exact) mass is 327 g/mol. The molecule has 0 radical (unpaired) electrons. The highest BCUT2D eigenvalue weighted by Crippen LogP contribution is 2.48. The molecule has 0 bridgehead atoms. The minimum atomic E-state index is -0.235. The molecule has 0 aliphatic carbocycles. The van der Waals surface area contributed by atoms with Gasteiger partial charge in [-0.1, -0.05) is 0 Å². The van der Waals surface area contributed by atoms with Crippen molar-refractivity contribution in [3.05, 3.63) is 21.8 Å². The normalized spacial score (nSPS) is 18.7. The second-order valence-corrected chi connectivity index (χ2v) is 6.05. The Morgan fingerprint density at radius 1 is 1.19 bits per heavy atom. The van der Waals surface area contributed by atoms with Gasteiger partial charge < -0.3 is 24.4 Å². The van der Waals surface area contributed by atoms with E-state index in [1.165, 1.54) is 6.21 Å². The Kier molecular flexibility index (Phi) is 4.60. The van der Waals surface area contributed by atoms with E-state index in [4.69, 9.17) is 37.0 Å². The molecule has 3 heterocycles. The van der Waals surface area contributed by atoms with E-state index in [1.807, 2.05) is 5.38 Å². The second-order valence-electron chi connectivity index (χ2n) is 4.62. The van der Waals surface area contributed by atoms with E-state index in [1.54, 1.807) is 11.3 Å². The summed E-state index contributed by atoms with van der Waals surface area (Å²) >= 11 is 6.25. The topological polar surface area (TPSA) is 60.8 Å². The molecular weight excluding hydrogens is 310 g/mol. The fourth-order valence-corrected chi connectivity index (χ4v) is 3.72. The summed E-state index contributed by atoms with van der Waals surface area (Å²) in [6, 6.07) is 0. The summed E-state index contributed by atoms with van der Waals surface area (Å²) in [5.41, 5.74) is 0. The van der Waals surface area contributed by atoms with Crippen LogP contribution in [0.4, 0.5) is 0 Å². The SMILES string of the molecule is N=CCCC1=C(C(S)c2scc3c2OCCO3)OCCO1. The quantitative estimate of drug-likeness (QED) is 0.644. The Labute approximate surface area is 132 Å². The van der Waals surface area contributed by atoms with Crippen LogP contribution in [0.1, 0.15) is 23.0 Å². The zero-order chi connectivity index (χ0) is 14.7. The molecule has 3 rings (SSSR count). The van der Waals surface area contributed by atoms with Crippen LogP contribution in [0.3, 0.4) is 0 Å². The van der Waals surface area contributed by atoms with Crippen LogP contribution >= 0.6 is 24.0 Å². The van der Waals surface area contributed by atoms with Crippen LogP contribution in [-0.2, 0) is 9.47 Å². The maximum absolute atomic E-state index is 7.16. The van der Waals surface area contributed by atoms with E-state index in [0.29, 0.717) is 39.3 Å². The van der Waals surface area contributed by atoms with Gasteiger partial charge in [-0.15, -0.1) is 11.3 Å². The Morgan fingerprint density at radius 3 is 2.81 bits per heavy atom. The van der Waals surface area contributed by atoms with Gasteiger partial charge in [0.25, 0.3) is 0 Å². The highest BCUT2D eigenvalue weighted by Gasteiger charge is 2.29. The van der Waals surface area contributed by atoms with Crippen molar-refractivity contribution in [2.75, 3.05) is 26.4 Å². The van der Waals surface area contributed by atoms with Gasteiger partial charge in [-0.3, -0.25) is 0 Å². The van der Waals surface area contributed by atoms with Gasteiger partial charge in [0.1, 0.15) is 37.4 Å². The number of allylic oxidation sites excluding steroid dienone is 1. The molecule has 2 aliphatic rings. The highest BCUT2D eigenvalue weighted by atomic mass is 32.1. The predicted molar refractivity (Wildman–Crippen MR) is 84.0 cm³/mol. The fourth-order valence-electron chi connectivity index (χ4n) is 2.29. The summed E-state index contributed by atoms with van der Waals surface area (Å²) in [4.78, 5) is 0.973. The van der Waals surface area contributed by atoms with Gasteiger partial charge >= 0.3 is 0 Å². The van der Waals surface area contributed by atoms with Gasteiger partial charge in [-0.05, 0) is 12.6 Å². The first-order chi connectivity index (χ1) is 10.3. The van der Waals surface area contributed by atoms with Crippen LogP contribution in [-0.4, -0.2) is 32.6 Å². The van der Waals surface area contributed by atoms with Crippen molar-refractivity contribution in [3.63, 3.8) is 0 Å². The Morgan fingerprint density at radius 2 is 1.95 bits per heavy atom. The van der Waals surface area contributed by atoms with E-state index >= 15 is 0 Å². The zero-order valence-electron chi connectivity index (χ0n) is 11.5. The molecular formula is C14H17NO4S2. The minimum absolute atomic E-state index is 0.235. The first kappa shape index (κ1) is 14.6. The van der Waals surface area contributed by atoms with Crippen molar-refractivity contribution >= 4 is 30.2 Å². The number of thiol groups is 1. The number of ether oxygens (including phenoxy) is 4. The molecule has 7 heteroatoms. The summed E-state index contributed by atoms with van der Waals surface area (Å²) in [5.74, 6) is 3.05. The molecule has 0 amide bonds. The molecule has 1 unspecified atom stereocenters. The van der Waals surface area contributed by atoms with Crippen molar-refractivity contribution in [3.8, 4) is 11.5 Å². The van der Waals surface area contributed by atoms with Gasteiger partial charge in [0, 0.05) is 11.8 Å². The van der Waals surface area contributed by atoms with Gasteiger partial charge in [0.05, 0.1) is 4.88 Å². The molecule has 5 nitrogen and oxygen atoms in total. The van der Waals surface area contributed by atoms with Crippen LogP contribution in [0.25, 0.3) is 0 Å². The van der Waals surface area contributed by atoms with Crippen LogP contribution in [0.5, 0.6) is 11.5 Å². The van der Waals surface area contributed by atoms with Gasteiger partial charge in [0.15, 0.2) is 17.3 Å². The van der Waals surface area contributed by atoms with Gasteiger partial charge in [-0.2, -0.15) is 12.6 Å². The average molecular weight is 327 g/mol. The predicted octanol–water partition coefficient (Wildman–Crippen LogP) is 3.18. The van der Waals surface area contributed by atoms with E-state index < -0.39 is 0 Å². The van der Waals surface area contributed by atoms with Crippen molar-refractivity contribution in [2.45, 2.75) is 18.1 Å². The Bertz CT molecular complexity index is 555. The molecule has 0 saturated heterocycles. The van der Waals surface area contributed by atoms with Crippen molar-refractivity contribution in [1.82, 2.24) is 0 Å². The average Bonchev–Trinajstić information content (AvgIpc) is 2.96. The first-order valence-corrected chi connectivity index (χ1v) is 8.23. The van der Waals surface area contributed by atoms with Crippen LogP contribution < -0.4 is 9.47 Å². The molecule has 1 aromatic rings. The summed E-state index contributed by atoms with van der Waals surface area (Å²) in [7, 11) is 0. The zero-order valence-corrected chi connectivity index (χ0v) is 13.2. The number of thiophene rings is 1. The summed E-state index contributed by atoms with van der Waals surface area (Å²) in [6.07, 6.45) is 2.66. The number of hydrogen-bond donors (Lipinski definition) is 2. The molecule has 2 aliphatic heterocycles. The maximum Gasteiger partial charge on any atom is 0.176 e. The molecule has 1 N–H and O–H groups in total. The summed E-state index contributed by atoms with van der Waals surface area (Å²) < 4.78 is 22.7. The van der Waals surface area contributed by atoms with E-state index in [2.05, 4.69) is 0 Å². The lowest BCUT2D eigenvalue weighted by Crippen LogP contribution is -2.18. The second kappa shape index (κ2) is 6.62. The first-order valence-electron chi connectivity index (χ1n) is 6.84. The standard InChI is InChI=1S/C14H17NO4S2/c15-3-1-2-9-11(18-6-4-16-9)13(20)14-12-10(8-21-14)17-5-7-19-12/h3,8,13,15,20H,1-2,4-7H2. The third-order valence-corrected chi connectivity index (χ3v) is 4.91. The number of nitrogens with one attached hydrogen (secondary N) is 1. The Hall–Kier alpha value is -1.34. The third-order valence-electron chi connectivity index (χ3n) is 3.23. The molecule has 0 aromatic carbocycles. The highest BCUT2D eigenvalue weighted by molar-refractivity contribution is 7.81. The minimum Gasteiger partial charge on any atom is -0.491 e. The number of hydrogen-bond acceptors (Lipinski definition) is 7. The smallest absolute Gasteiger partial charge is 0.176 e. The summed E-state index contributed by atoms with van der Waals surface area (Å²) in [5, 5.41) is 8.87. The molecule has 0 saturated carbocycles. The third kappa shape index (κ3) is 2.98. The fraction of sp³-hybridized carbons (Fsp3) is 0.500. The lowest BCUT2D eigenvalue weighted by atomic mass is 10.1. The van der Waals surface area contributed by atoms with Crippen molar-refractivity contribution in [1.29, 1.82) is 5.41 Å². The summed E-state index contributed by atoms with van der Waals surface area (Å²) in [6.45, 7) is 2.19. The molecule has 21 heavy (non-hydrogen) atoms. The maximum atomic E-state index is 7.16. The van der Waals surface area contributed by atoms with Crippen LogP contribution in [0, 0.1) is 5.41 Å². The lowest BCUT2D eigenvalue weighted by molar-refractivity contribution is 0.0546. The molecule has 1 aromatic heterocycles. The van der Waals surface area contributed by atoms with E-state index in [-0.39, 0.29) is 5.25 Å². The number of rotatable bonds is 5. The largest absolute Gasteiger partial charge is 0.491 e. The molecule has 0 fully saturated rings. The molecule has 114 valence electrons. The van der Waals surface area contributed by atoms with Crippen LogP contribution in [0.2, 0.25) is 0 Å². The van der Waals surface area contributed by atoms with E-state index in [0.717, 1.165) is 27.9 Å². The van der Waals surface area contributed by atoms with Crippen LogP contribution in [0.15, 0.2) is 16.9 Å².